The van der Waals surface area contributed by atoms with Gasteiger partial charge in [-0.25, -0.2) is 17.2 Å². The van der Waals surface area contributed by atoms with E-state index in [1.54, 1.807) is 0 Å². The zero-order valence-corrected chi connectivity index (χ0v) is 10.8. The molecule has 0 fully saturated rings. The highest BCUT2D eigenvalue weighted by atomic mass is 32.2. The topological polar surface area (TPSA) is 54.4 Å². The Morgan fingerprint density at radius 1 is 1.17 bits per heavy atom. The first-order valence-electron chi connectivity index (χ1n) is 5.53. The molecule has 3 nitrogen and oxygen atoms in total. The molecule has 0 aromatic heterocycles. The van der Waals surface area contributed by atoms with Crippen LogP contribution in [0, 0.1) is 0 Å². The largest absolute Gasteiger partial charge is 0.388 e. The SMILES string of the molecule is CS(=O)(=O)CCCC(O)c1ccc(C(F)F)cc1. The van der Waals surface area contributed by atoms with E-state index in [-0.39, 0.29) is 11.3 Å². The highest BCUT2D eigenvalue weighted by Gasteiger charge is 2.11. The summed E-state index contributed by atoms with van der Waals surface area (Å²) < 4.78 is 46.4. The fourth-order valence-corrected chi connectivity index (χ4v) is 2.26. The molecular formula is C12H16F2O3S. The van der Waals surface area contributed by atoms with Crippen LogP contribution < -0.4 is 0 Å². The van der Waals surface area contributed by atoms with Crippen LogP contribution in [0.15, 0.2) is 24.3 Å². The molecule has 0 aliphatic heterocycles. The Labute approximate surface area is 105 Å². The van der Waals surface area contributed by atoms with Gasteiger partial charge in [0.2, 0.25) is 0 Å². The molecule has 0 amide bonds. The second-order valence-electron chi connectivity index (χ2n) is 4.26. The molecule has 1 aromatic carbocycles. The van der Waals surface area contributed by atoms with Crippen molar-refractivity contribution in [1.82, 2.24) is 0 Å². The first kappa shape index (κ1) is 15.0. The lowest BCUT2D eigenvalue weighted by Crippen LogP contribution is -2.05. The molecule has 1 atom stereocenters. The number of hydrogen-bond acceptors (Lipinski definition) is 3. The fraction of sp³-hybridized carbons (Fsp3) is 0.500. The van der Waals surface area contributed by atoms with E-state index in [4.69, 9.17) is 0 Å². The van der Waals surface area contributed by atoms with Crippen LogP contribution in [0.2, 0.25) is 0 Å². The molecule has 1 unspecified atom stereocenters. The first-order chi connectivity index (χ1) is 8.29. The summed E-state index contributed by atoms with van der Waals surface area (Å²) in [4.78, 5) is 0. The third-order valence-corrected chi connectivity index (χ3v) is 3.60. The maximum Gasteiger partial charge on any atom is 0.263 e. The van der Waals surface area contributed by atoms with Gasteiger partial charge in [-0.3, -0.25) is 0 Å². The Morgan fingerprint density at radius 2 is 1.67 bits per heavy atom. The summed E-state index contributed by atoms with van der Waals surface area (Å²) in [5.74, 6) is 0.0131. The number of halogens is 2. The predicted octanol–water partition coefficient (Wildman–Crippen LogP) is 2.48. The van der Waals surface area contributed by atoms with Crippen LogP contribution in [0.1, 0.15) is 36.5 Å². The van der Waals surface area contributed by atoms with Crippen molar-refractivity contribution in [3.63, 3.8) is 0 Å². The molecule has 0 spiro atoms. The van der Waals surface area contributed by atoms with Crippen LogP contribution in [-0.4, -0.2) is 25.5 Å². The molecule has 0 heterocycles. The molecule has 6 heteroatoms. The minimum Gasteiger partial charge on any atom is -0.388 e. The summed E-state index contributed by atoms with van der Waals surface area (Å²) in [6, 6.07) is 5.40. The summed E-state index contributed by atoms with van der Waals surface area (Å²) in [7, 11) is -3.03. The molecule has 1 rings (SSSR count). The average Bonchev–Trinajstić information content (AvgIpc) is 2.27. The summed E-state index contributed by atoms with van der Waals surface area (Å²) in [5.41, 5.74) is 0.426. The Morgan fingerprint density at radius 3 is 2.11 bits per heavy atom. The van der Waals surface area contributed by atoms with E-state index >= 15 is 0 Å². The molecule has 1 N–H and O–H groups in total. The lowest BCUT2D eigenvalue weighted by atomic mass is 10.0. The Kier molecular flexibility index (Phi) is 5.22. The maximum atomic E-state index is 12.3. The maximum absolute atomic E-state index is 12.3. The summed E-state index contributed by atoms with van der Waals surface area (Å²) in [5, 5.41) is 9.76. The minimum atomic E-state index is -3.03. The zero-order valence-electron chi connectivity index (χ0n) is 10.0. The number of sulfone groups is 1. The smallest absolute Gasteiger partial charge is 0.263 e. The van der Waals surface area contributed by atoms with E-state index in [9.17, 15) is 22.3 Å². The van der Waals surface area contributed by atoms with Gasteiger partial charge in [0, 0.05) is 17.6 Å². The van der Waals surface area contributed by atoms with Crippen molar-refractivity contribution in [3.05, 3.63) is 35.4 Å². The summed E-state index contributed by atoms with van der Waals surface area (Å²) >= 11 is 0. The van der Waals surface area contributed by atoms with Crippen LogP contribution >= 0.6 is 0 Å². The van der Waals surface area contributed by atoms with E-state index in [2.05, 4.69) is 0 Å². The Bertz CT molecular complexity index is 469. The second kappa shape index (κ2) is 6.24. The number of alkyl halides is 2. The van der Waals surface area contributed by atoms with Crippen molar-refractivity contribution in [2.45, 2.75) is 25.4 Å². The average molecular weight is 278 g/mol. The van der Waals surface area contributed by atoms with Crippen LogP contribution in [0.25, 0.3) is 0 Å². The van der Waals surface area contributed by atoms with Crippen LogP contribution in [0.3, 0.4) is 0 Å². The number of aliphatic hydroxyl groups excluding tert-OH is 1. The van der Waals surface area contributed by atoms with Gasteiger partial charge in [0.1, 0.15) is 9.84 Å². The molecule has 0 saturated heterocycles. The molecule has 0 radical (unpaired) electrons. The Balaban J connectivity index is 2.54. The van der Waals surface area contributed by atoms with E-state index in [1.165, 1.54) is 24.3 Å². The molecule has 102 valence electrons. The molecule has 1 aromatic rings. The van der Waals surface area contributed by atoms with Crippen molar-refractivity contribution in [3.8, 4) is 0 Å². The van der Waals surface area contributed by atoms with E-state index in [0.29, 0.717) is 18.4 Å². The predicted molar refractivity (Wildman–Crippen MR) is 65.3 cm³/mol. The number of benzene rings is 1. The van der Waals surface area contributed by atoms with Crippen molar-refractivity contribution >= 4 is 9.84 Å². The molecule has 18 heavy (non-hydrogen) atoms. The quantitative estimate of drug-likeness (QED) is 0.869. The monoisotopic (exact) mass is 278 g/mol. The van der Waals surface area contributed by atoms with Gasteiger partial charge in [-0.15, -0.1) is 0 Å². The van der Waals surface area contributed by atoms with Gasteiger partial charge < -0.3 is 5.11 Å². The fourth-order valence-electron chi connectivity index (χ4n) is 1.57. The summed E-state index contributed by atoms with van der Waals surface area (Å²) in [6.45, 7) is 0. The van der Waals surface area contributed by atoms with E-state index in [0.717, 1.165) is 6.26 Å². The lowest BCUT2D eigenvalue weighted by Gasteiger charge is -2.11. The molecule has 0 aliphatic carbocycles. The first-order valence-corrected chi connectivity index (χ1v) is 7.59. The Hall–Kier alpha value is -1.01. The third kappa shape index (κ3) is 5.10. The number of aliphatic hydroxyl groups is 1. The van der Waals surface area contributed by atoms with Gasteiger partial charge in [-0.1, -0.05) is 24.3 Å². The highest BCUT2D eigenvalue weighted by Crippen LogP contribution is 2.23. The molecular weight excluding hydrogens is 262 g/mol. The molecule has 0 aliphatic rings. The number of hydrogen-bond donors (Lipinski definition) is 1. The van der Waals surface area contributed by atoms with Gasteiger partial charge in [0.05, 0.1) is 6.10 Å². The highest BCUT2D eigenvalue weighted by molar-refractivity contribution is 7.90. The van der Waals surface area contributed by atoms with Crippen molar-refractivity contribution in [2.24, 2.45) is 0 Å². The summed E-state index contributed by atoms with van der Waals surface area (Å²) in [6.07, 6.45) is -1.57. The number of rotatable bonds is 6. The normalized spacial score (nSPS) is 13.8. The van der Waals surface area contributed by atoms with E-state index < -0.39 is 22.4 Å². The van der Waals surface area contributed by atoms with Crippen LogP contribution in [0.4, 0.5) is 8.78 Å². The zero-order chi connectivity index (χ0) is 13.8. The van der Waals surface area contributed by atoms with Crippen LogP contribution in [-0.2, 0) is 9.84 Å². The van der Waals surface area contributed by atoms with Crippen molar-refractivity contribution in [1.29, 1.82) is 0 Å². The van der Waals surface area contributed by atoms with Gasteiger partial charge >= 0.3 is 0 Å². The van der Waals surface area contributed by atoms with Crippen molar-refractivity contribution < 1.29 is 22.3 Å². The molecule has 0 saturated carbocycles. The van der Waals surface area contributed by atoms with Gasteiger partial charge in [0.15, 0.2) is 0 Å². The van der Waals surface area contributed by atoms with Gasteiger partial charge in [-0.2, -0.15) is 0 Å². The lowest BCUT2D eigenvalue weighted by molar-refractivity contribution is 0.150. The van der Waals surface area contributed by atoms with E-state index in [1.807, 2.05) is 0 Å². The minimum absolute atomic E-state index is 0.0131. The molecule has 0 bridgehead atoms. The van der Waals surface area contributed by atoms with Crippen molar-refractivity contribution in [2.75, 3.05) is 12.0 Å². The van der Waals surface area contributed by atoms with Gasteiger partial charge in [0.25, 0.3) is 6.43 Å². The standard InChI is InChI=1S/C12H16F2O3S/c1-18(16,17)8-2-3-11(15)9-4-6-10(7-5-9)12(13)14/h4-7,11-12,15H,2-3,8H2,1H3. The van der Waals surface area contributed by atoms with Crippen LogP contribution in [0.5, 0.6) is 0 Å². The van der Waals surface area contributed by atoms with Gasteiger partial charge in [-0.05, 0) is 18.4 Å². The third-order valence-electron chi connectivity index (χ3n) is 2.57. The second-order valence-corrected chi connectivity index (χ2v) is 6.52.